The van der Waals surface area contributed by atoms with Gasteiger partial charge in [-0.2, -0.15) is 0 Å². The van der Waals surface area contributed by atoms with Crippen LogP contribution in [0.25, 0.3) is 11.2 Å². The van der Waals surface area contributed by atoms with Crippen molar-refractivity contribution < 1.29 is 4.79 Å². The van der Waals surface area contributed by atoms with Gasteiger partial charge in [-0.05, 0) is 31.0 Å². The van der Waals surface area contributed by atoms with E-state index >= 15 is 0 Å². The van der Waals surface area contributed by atoms with Crippen molar-refractivity contribution in [3.8, 4) is 0 Å². The Morgan fingerprint density at radius 3 is 2.57 bits per heavy atom. The summed E-state index contributed by atoms with van der Waals surface area (Å²) in [4.78, 5) is 28.1. The molecule has 0 bridgehead atoms. The molecule has 5 rings (SSSR count). The minimum Gasteiger partial charge on any atom is -0.368 e. The number of anilines is 2. The maximum absolute atomic E-state index is 13.0. The largest absolute Gasteiger partial charge is 0.368 e. The van der Waals surface area contributed by atoms with E-state index in [-0.39, 0.29) is 11.8 Å². The zero-order chi connectivity index (χ0) is 20.8. The molecule has 0 N–H and O–H groups in total. The van der Waals surface area contributed by atoms with Gasteiger partial charge in [0.15, 0.2) is 17.0 Å². The summed E-state index contributed by atoms with van der Waals surface area (Å²) in [6.07, 6.45) is 1.53. The number of piperazine rings is 1. The summed E-state index contributed by atoms with van der Waals surface area (Å²) in [7, 11) is 1.81. The van der Waals surface area contributed by atoms with E-state index in [1.54, 1.807) is 4.68 Å². The fourth-order valence-electron chi connectivity index (χ4n) is 4.37. The van der Waals surface area contributed by atoms with Gasteiger partial charge in [0.05, 0.1) is 5.92 Å². The van der Waals surface area contributed by atoms with Crippen LogP contribution in [0, 0.1) is 19.8 Å². The summed E-state index contributed by atoms with van der Waals surface area (Å²) < 4.78 is 1.64. The molecule has 9 nitrogen and oxygen atoms in total. The number of fused-ring (bicyclic) bond motifs is 1. The minimum atomic E-state index is 0.0129. The van der Waals surface area contributed by atoms with Crippen molar-refractivity contribution in [3.63, 3.8) is 0 Å². The highest BCUT2D eigenvalue weighted by Gasteiger charge is 2.38. The van der Waals surface area contributed by atoms with E-state index in [1.165, 1.54) is 23.1 Å². The van der Waals surface area contributed by atoms with Crippen molar-refractivity contribution in [3.05, 3.63) is 35.7 Å². The van der Waals surface area contributed by atoms with Crippen LogP contribution in [0.15, 0.2) is 24.5 Å². The Morgan fingerprint density at radius 1 is 1.03 bits per heavy atom. The number of hydrogen-bond acceptors (Lipinski definition) is 7. The fraction of sp³-hybridized carbons (Fsp3) is 0.476. The summed E-state index contributed by atoms with van der Waals surface area (Å²) in [6.45, 7) is 8.89. The molecule has 9 heteroatoms. The highest BCUT2D eigenvalue weighted by Crippen LogP contribution is 2.29. The number of amides is 1. The van der Waals surface area contributed by atoms with E-state index in [9.17, 15) is 4.79 Å². The molecule has 1 amide bonds. The highest BCUT2D eigenvalue weighted by molar-refractivity contribution is 5.86. The predicted octanol–water partition coefficient (Wildman–Crippen LogP) is 1.16. The van der Waals surface area contributed by atoms with Gasteiger partial charge < -0.3 is 14.7 Å². The van der Waals surface area contributed by atoms with E-state index in [0.29, 0.717) is 24.3 Å². The highest BCUT2D eigenvalue weighted by atomic mass is 16.2. The van der Waals surface area contributed by atoms with Gasteiger partial charge in [0, 0.05) is 52.0 Å². The average molecular weight is 406 g/mol. The standard InChI is InChI=1S/C21H26N8O/c1-14-4-5-15(2)17(10-14)27-6-8-28(9-7-27)21(30)16-11-29(12-16)20-18-19(22-13-23-20)26(3)25-24-18/h4-5,10,13,16H,6-9,11-12H2,1-3H3. The van der Waals surface area contributed by atoms with Crippen molar-refractivity contribution in [2.24, 2.45) is 13.0 Å². The van der Waals surface area contributed by atoms with E-state index in [4.69, 9.17) is 0 Å². The van der Waals surface area contributed by atoms with Crippen molar-refractivity contribution in [2.45, 2.75) is 13.8 Å². The smallest absolute Gasteiger partial charge is 0.229 e. The van der Waals surface area contributed by atoms with Gasteiger partial charge in [-0.15, -0.1) is 5.10 Å². The van der Waals surface area contributed by atoms with Gasteiger partial charge in [0.1, 0.15) is 6.33 Å². The van der Waals surface area contributed by atoms with E-state index in [1.807, 2.05) is 11.9 Å². The molecular formula is C21H26N8O. The summed E-state index contributed by atoms with van der Waals surface area (Å²) in [5.41, 5.74) is 5.24. The van der Waals surface area contributed by atoms with Gasteiger partial charge in [-0.25, -0.2) is 14.6 Å². The molecule has 4 heterocycles. The Morgan fingerprint density at radius 2 is 1.80 bits per heavy atom. The Balaban J connectivity index is 1.20. The maximum atomic E-state index is 13.0. The van der Waals surface area contributed by atoms with Gasteiger partial charge in [-0.3, -0.25) is 4.79 Å². The van der Waals surface area contributed by atoms with Crippen LogP contribution in [0.5, 0.6) is 0 Å². The second-order valence-electron chi connectivity index (χ2n) is 8.29. The van der Waals surface area contributed by atoms with Crippen LogP contribution in [0.1, 0.15) is 11.1 Å². The SMILES string of the molecule is Cc1ccc(C)c(N2CCN(C(=O)C3CN(c4ncnc5c4nnn5C)C3)CC2)c1. The first-order valence-corrected chi connectivity index (χ1v) is 10.4. The molecule has 1 aromatic carbocycles. The number of aryl methyl sites for hydroxylation is 3. The van der Waals surface area contributed by atoms with Crippen molar-refractivity contribution in [1.82, 2.24) is 29.9 Å². The molecule has 0 unspecified atom stereocenters. The third-order valence-corrected chi connectivity index (χ3v) is 6.20. The Kier molecular flexibility index (Phi) is 4.52. The Hall–Kier alpha value is -3.23. The van der Waals surface area contributed by atoms with Crippen LogP contribution in [0.3, 0.4) is 0 Å². The molecular weight excluding hydrogens is 380 g/mol. The number of hydrogen-bond donors (Lipinski definition) is 0. The van der Waals surface area contributed by atoms with Crippen molar-refractivity contribution >= 4 is 28.6 Å². The van der Waals surface area contributed by atoms with E-state index < -0.39 is 0 Å². The van der Waals surface area contributed by atoms with Crippen LogP contribution in [0.2, 0.25) is 0 Å². The summed E-state index contributed by atoms with van der Waals surface area (Å²) in [5.74, 6) is 1.02. The third-order valence-electron chi connectivity index (χ3n) is 6.20. The lowest BCUT2D eigenvalue weighted by atomic mass is 9.97. The molecule has 0 spiro atoms. The monoisotopic (exact) mass is 406 g/mol. The number of carbonyl (C=O) groups is 1. The van der Waals surface area contributed by atoms with Crippen LogP contribution in [-0.2, 0) is 11.8 Å². The second kappa shape index (κ2) is 7.23. The first-order valence-electron chi connectivity index (χ1n) is 10.4. The number of benzene rings is 1. The molecule has 0 saturated carbocycles. The van der Waals surface area contributed by atoms with E-state index in [0.717, 1.165) is 32.0 Å². The lowest BCUT2D eigenvalue weighted by Gasteiger charge is -2.43. The van der Waals surface area contributed by atoms with Gasteiger partial charge in [-0.1, -0.05) is 17.3 Å². The average Bonchev–Trinajstić information content (AvgIpc) is 3.10. The van der Waals surface area contributed by atoms with Crippen LogP contribution < -0.4 is 9.80 Å². The molecule has 0 atom stereocenters. The lowest BCUT2D eigenvalue weighted by Crippen LogP contribution is -2.58. The summed E-state index contributed by atoms with van der Waals surface area (Å²) >= 11 is 0. The topological polar surface area (TPSA) is 83.3 Å². The molecule has 30 heavy (non-hydrogen) atoms. The van der Waals surface area contributed by atoms with Crippen LogP contribution in [-0.4, -0.2) is 75.0 Å². The zero-order valence-electron chi connectivity index (χ0n) is 17.6. The Bertz CT molecular complexity index is 1100. The minimum absolute atomic E-state index is 0.0129. The fourth-order valence-corrected chi connectivity index (χ4v) is 4.37. The van der Waals surface area contributed by atoms with Crippen molar-refractivity contribution in [1.29, 1.82) is 0 Å². The lowest BCUT2D eigenvalue weighted by molar-refractivity contribution is -0.136. The normalized spacial score (nSPS) is 17.5. The predicted molar refractivity (Wildman–Crippen MR) is 115 cm³/mol. The van der Waals surface area contributed by atoms with Gasteiger partial charge >= 0.3 is 0 Å². The summed E-state index contributed by atoms with van der Waals surface area (Å²) in [6, 6.07) is 6.56. The molecule has 2 aromatic heterocycles. The maximum Gasteiger partial charge on any atom is 0.229 e. The molecule has 156 valence electrons. The van der Waals surface area contributed by atoms with E-state index in [2.05, 4.69) is 62.1 Å². The third kappa shape index (κ3) is 3.14. The molecule has 3 aromatic rings. The van der Waals surface area contributed by atoms with Crippen LogP contribution in [0.4, 0.5) is 11.5 Å². The molecule has 2 aliphatic rings. The van der Waals surface area contributed by atoms with Crippen molar-refractivity contribution in [2.75, 3.05) is 49.1 Å². The van der Waals surface area contributed by atoms with Gasteiger partial charge in [0.2, 0.25) is 5.91 Å². The first kappa shape index (κ1) is 18.8. The Labute approximate surface area is 175 Å². The molecule has 2 fully saturated rings. The zero-order valence-corrected chi connectivity index (χ0v) is 17.6. The number of carbonyl (C=O) groups excluding carboxylic acids is 1. The number of aromatic nitrogens is 5. The molecule has 0 aliphatic carbocycles. The summed E-state index contributed by atoms with van der Waals surface area (Å²) in [5, 5.41) is 8.20. The number of rotatable bonds is 3. The second-order valence-corrected chi connectivity index (χ2v) is 8.29. The molecule has 2 aliphatic heterocycles. The molecule has 2 saturated heterocycles. The molecule has 0 radical (unpaired) electrons. The quantitative estimate of drug-likeness (QED) is 0.645. The number of nitrogens with zero attached hydrogens (tertiary/aromatic N) is 8. The van der Waals surface area contributed by atoms with Crippen LogP contribution >= 0.6 is 0 Å². The first-order chi connectivity index (χ1) is 14.5. The van der Waals surface area contributed by atoms with Gasteiger partial charge in [0.25, 0.3) is 0 Å².